The Kier molecular flexibility index (Phi) is 5.84. The fraction of sp³-hybridized carbons (Fsp3) is 0.304. The zero-order chi connectivity index (χ0) is 19.3. The molecule has 4 nitrogen and oxygen atoms in total. The molecule has 0 aliphatic carbocycles. The summed E-state index contributed by atoms with van der Waals surface area (Å²) in [5, 5.41) is 3.80. The lowest BCUT2D eigenvalue weighted by Gasteiger charge is -2.20. The second kappa shape index (κ2) is 8.67. The van der Waals surface area contributed by atoms with Gasteiger partial charge in [0.2, 0.25) is 5.91 Å². The van der Waals surface area contributed by atoms with Crippen molar-refractivity contribution in [2.45, 2.75) is 32.2 Å². The first-order valence-corrected chi connectivity index (χ1v) is 10.8. The molecule has 28 heavy (non-hydrogen) atoms. The Bertz CT molecular complexity index is 884. The molecule has 1 unspecified atom stereocenters. The number of rotatable bonds is 6. The summed E-state index contributed by atoms with van der Waals surface area (Å²) < 4.78 is 0. The van der Waals surface area contributed by atoms with Crippen LogP contribution in [0, 0.1) is 0 Å². The van der Waals surface area contributed by atoms with Gasteiger partial charge in [0.05, 0.1) is 23.7 Å². The van der Waals surface area contributed by atoms with E-state index in [4.69, 9.17) is 0 Å². The number of nitrogens with zero attached hydrogens (tertiary/aromatic N) is 1. The SMILES string of the molecule is CC[NH+]1CCc2nc(NC(=O)CC(c3ccccc3)c3ccccc3)sc2C1. The average molecular weight is 393 g/mol. The molecule has 0 radical (unpaired) electrons. The van der Waals surface area contributed by atoms with Crippen LogP contribution in [0.4, 0.5) is 5.13 Å². The van der Waals surface area contributed by atoms with Crippen LogP contribution in [0.1, 0.15) is 41.0 Å². The van der Waals surface area contributed by atoms with E-state index in [1.165, 1.54) is 10.6 Å². The van der Waals surface area contributed by atoms with E-state index in [-0.39, 0.29) is 11.8 Å². The minimum atomic E-state index is 0.0171. The molecular weight excluding hydrogens is 366 g/mol. The van der Waals surface area contributed by atoms with E-state index >= 15 is 0 Å². The molecule has 1 aliphatic rings. The number of hydrogen-bond acceptors (Lipinski definition) is 3. The van der Waals surface area contributed by atoms with Crippen molar-refractivity contribution in [3.63, 3.8) is 0 Å². The smallest absolute Gasteiger partial charge is 0.227 e. The number of likely N-dealkylation sites (N-methyl/N-ethyl adjacent to an activating group) is 1. The maximum atomic E-state index is 12.9. The van der Waals surface area contributed by atoms with Crippen molar-refractivity contribution in [2.75, 3.05) is 18.4 Å². The molecule has 1 aliphatic heterocycles. The molecule has 144 valence electrons. The maximum Gasteiger partial charge on any atom is 0.227 e. The van der Waals surface area contributed by atoms with E-state index in [1.807, 2.05) is 36.4 Å². The number of carbonyl (C=O) groups is 1. The summed E-state index contributed by atoms with van der Waals surface area (Å²) >= 11 is 1.64. The highest BCUT2D eigenvalue weighted by molar-refractivity contribution is 7.15. The van der Waals surface area contributed by atoms with Crippen molar-refractivity contribution < 1.29 is 9.69 Å². The fourth-order valence-electron chi connectivity index (χ4n) is 3.84. The quantitative estimate of drug-likeness (QED) is 0.676. The molecule has 0 fully saturated rings. The number of carbonyl (C=O) groups excluding carboxylic acids is 1. The molecule has 2 N–H and O–H groups in total. The summed E-state index contributed by atoms with van der Waals surface area (Å²) in [7, 11) is 0. The van der Waals surface area contributed by atoms with E-state index in [1.54, 1.807) is 16.2 Å². The fourth-order valence-corrected chi connectivity index (χ4v) is 4.93. The van der Waals surface area contributed by atoms with Gasteiger partial charge in [0.25, 0.3) is 0 Å². The van der Waals surface area contributed by atoms with Gasteiger partial charge in [-0.3, -0.25) is 4.79 Å². The van der Waals surface area contributed by atoms with E-state index < -0.39 is 0 Å². The zero-order valence-corrected chi connectivity index (χ0v) is 17.0. The molecule has 0 saturated carbocycles. The summed E-state index contributed by atoms with van der Waals surface area (Å²) in [4.78, 5) is 20.4. The molecule has 1 aromatic heterocycles. The van der Waals surface area contributed by atoms with Crippen molar-refractivity contribution in [3.05, 3.63) is 82.4 Å². The summed E-state index contributed by atoms with van der Waals surface area (Å²) in [6.45, 7) is 5.51. The van der Waals surface area contributed by atoms with Gasteiger partial charge < -0.3 is 10.2 Å². The molecule has 0 spiro atoms. The number of thiazole rings is 1. The number of hydrogen-bond donors (Lipinski definition) is 2. The van der Waals surface area contributed by atoms with E-state index in [0.717, 1.165) is 42.3 Å². The van der Waals surface area contributed by atoms with Gasteiger partial charge in [0, 0.05) is 18.8 Å². The number of amides is 1. The van der Waals surface area contributed by atoms with Gasteiger partial charge in [-0.1, -0.05) is 72.0 Å². The molecule has 1 amide bonds. The topological polar surface area (TPSA) is 46.4 Å². The van der Waals surface area contributed by atoms with Gasteiger partial charge in [-0.05, 0) is 18.1 Å². The van der Waals surface area contributed by atoms with Crippen molar-refractivity contribution >= 4 is 22.4 Å². The molecule has 5 heteroatoms. The largest absolute Gasteiger partial charge is 0.330 e. The normalized spacial score (nSPS) is 16.0. The third kappa shape index (κ3) is 4.32. The molecule has 0 saturated heterocycles. The van der Waals surface area contributed by atoms with Crippen LogP contribution in [-0.4, -0.2) is 24.0 Å². The third-order valence-electron chi connectivity index (χ3n) is 5.44. The first-order chi connectivity index (χ1) is 13.7. The summed E-state index contributed by atoms with van der Waals surface area (Å²) in [5.41, 5.74) is 3.48. The third-order valence-corrected chi connectivity index (χ3v) is 6.46. The molecule has 3 aromatic rings. The second-order valence-corrected chi connectivity index (χ2v) is 8.38. The van der Waals surface area contributed by atoms with Crippen LogP contribution in [0.5, 0.6) is 0 Å². The van der Waals surface area contributed by atoms with Crippen LogP contribution in [0.3, 0.4) is 0 Å². The van der Waals surface area contributed by atoms with Crippen LogP contribution < -0.4 is 10.2 Å². The first-order valence-electron chi connectivity index (χ1n) is 9.94. The van der Waals surface area contributed by atoms with Crippen LogP contribution >= 0.6 is 11.3 Å². The highest BCUT2D eigenvalue weighted by atomic mass is 32.1. The first kappa shape index (κ1) is 18.8. The number of benzene rings is 2. The van der Waals surface area contributed by atoms with Crippen molar-refractivity contribution in [2.24, 2.45) is 0 Å². The Hall–Kier alpha value is -2.50. The van der Waals surface area contributed by atoms with Crippen molar-refractivity contribution in [1.82, 2.24) is 4.98 Å². The Balaban J connectivity index is 1.49. The van der Waals surface area contributed by atoms with Gasteiger partial charge in [0.1, 0.15) is 6.54 Å². The van der Waals surface area contributed by atoms with Gasteiger partial charge in [0.15, 0.2) is 5.13 Å². The van der Waals surface area contributed by atoms with Gasteiger partial charge in [-0.25, -0.2) is 4.98 Å². The number of nitrogens with one attached hydrogen (secondary N) is 2. The average Bonchev–Trinajstić information content (AvgIpc) is 3.14. The monoisotopic (exact) mass is 392 g/mol. The lowest BCUT2D eigenvalue weighted by atomic mass is 9.88. The van der Waals surface area contributed by atoms with E-state index in [2.05, 4.69) is 41.5 Å². The molecule has 0 bridgehead atoms. The summed E-state index contributed by atoms with van der Waals surface area (Å²) in [6.07, 6.45) is 1.41. The van der Waals surface area contributed by atoms with Gasteiger partial charge >= 0.3 is 0 Å². The maximum absolute atomic E-state index is 12.9. The Morgan fingerprint density at radius 2 is 1.75 bits per heavy atom. The predicted octanol–water partition coefficient (Wildman–Crippen LogP) is 3.26. The molecule has 1 atom stereocenters. The van der Waals surface area contributed by atoms with Gasteiger partial charge in [-0.2, -0.15) is 0 Å². The molecular formula is C23H26N3OS+. The van der Waals surface area contributed by atoms with Crippen molar-refractivity contribution in [3.8, 4) is 0 Å². The van der Waals surface area contributed by atoms with Crippen LogP contribution in [0.25, 0.3) is 0 Å². The minimum absolute atomic E-state index is 0.0171. The molecule has 2 heterocycles. The zero-order valence-electron chi connectivity index (χ0n) is 16.2. The molecule has 2 aromatic carbocycles. The van der Waals surface area contributed by atoms with E-state index in [0.29, 0.717) is 6.42 Å². The lowest BCUT2D eigenvalue weighted by molar-refractivity contribution is -0.913. The number of quaternary nitrogens is 1. The summed E-state index contributed by atoms with van der Waals surface area (Å²) in [6, 6.07) is 20.5. The Labute approximate surface area is 170 Å². The predicted molar refractivity (Wildman–Crippen MR) is 114 cm³/mol. The Morgan fingerprint density at radius 1 is 1.11 bits per heavy atom. The van der Waals surface area contributed by atoms with Crippen LogP contribution in [0.15, 0.2) is 60.7 Å². The summed E-state index contributed by atoms with van der Waals surface area (Å²) in [5.74, 6) is 0.0560. The Morgan fingerprint density at radius 3 is 2.36 bits per heavy atom. The highest BCUT2D eigenvalue weighted by Crippen LogP contribution is 2.29. The lowest BCUT2D eigenvalue weighted by Crippen LogP contribution is -3.11. The van der Waals surface area contributed by atoms with Gasteiger partial charge in [-0.15, -0.1) is 0 Å². The number of aromatic nitrogens is 1. The number of anilines is 1. The van der Waals surface area contributed by atoms with Crippen molar-refractivity contribution in [1.29, 1.82) is 0 Å². The molecule has 4 rings (SSSR count). The minimum Gasteiger partial charge on any atom is -0.330 e. The van der Waals surface area contributed by atoms with Crippen LogP contribution in [0.2, 0.25) is 0 Å². The second-order valence-electron chi connectivity index (χ2n) is 7.30. The highest BCUT2D eigenvalue weighted by Gasteiger charge is 2.24. The van der Waals surface area contributed by atoms with Crippen LogP contribution in [-0.2, 0) is 17.8 Å². The van der Waals surface area contributed by atoms with E-state index in [9.17, 15) is 4.79 Å². The standard InChI is InChI=1S/C23H25N3OS/c1-2-26-14-13-20-21(16-26)28-23(24-20)25-22(27)15-19(17-9-5-3-6-10-17)18-11-7-4-8-12-18/h3-12,19H,2,13-16H2,1H3,(H,24,25,27)/p+1. The number of fused-ring (bicyclic) bond motifs is 1.